The molecule has 2 amide bonds. The zero-order valence-electron chi connectivity index (χ0n) is 16.3. The highest BCUT2D eigenvalue weighted by Gasteiger charge is 2.32. The van der Waals surface area contributed by atoms with Crippen molar-refractivity contribution in [3.05, 3.63) is 72.8 Å². The molecule has 1 heterocycles. The zero-order valence-corrected chi connectivity index (χ0v) is 17.1. The van der Waals surface area contributed by atoms with E-state index in [1.165, 1.54) is 28.6 Å². The largest absolute Gasteiger partial charge is 0.444 e. The summed E-state index contributed by atoms with van der Waals surface area (Å²) in [5.41, 5.74) is 1.28. The Morgan fingerprint density at radius 1 is 1.13 bits per heavy atom. The molecule has 9 heteroatoms. The van der Waals surface area contributed by atoms with Gasteiger partial charge in [-0.15, -0.1) is 0 Å². The molecule has 30 heavy (non-hydrogen) atoms. The van der Waals surface area contributed by atoms with E-state index >= 15 is 0 Å². The first-order valence-corrected chi connectivity index (χ1v) is 10.8. The highest BCUT2D eigenvalue weighted by molar-refractivity contribution is 7.89. The third-order valence-corrected chi connectivity index (χ3v) is 6.51. The Morgan fingerprint density at radius 3 is 2.50 bits per heavy atom. The fraction of sp³-hybridized carbons (Fsp3) is 0.238. The second-order valence-electron chi connectivity index (χ2n) is 6.77. The SMILES string of the molecule is C=CC(=O)N[C@H]1CCN(S(=O)(=O)c2ccc(NC(=O)OCc3ccccc3)cc2)C1. The highest BCUT2D eigenvalue weighted by atomic mass is 32.2. The van der Waals surface area contributed by atoms with E-state index in [1.807, 2.05) is 30.3 Å². The number of sulfonamides is 1. The van der Waals surface area contributed by atoms with E-state index in [4.69, 9.17) is 4.74 Å². The van der Waals surface area contributed by atoms with Crippen LogP contribution in [-0.2, 0) is 26.2 Å². The predicted molar refractivity (Wildman–Crippen MR) is 112 cm³/mol. The van der Waals surface area contributed by atoms with Crippen molar-refractivity contribution in [2.75, 3.05) is 18.4 Å². The van der Waals surface area contributed by atoms with Crippen molar-refractivity contribution in [1.82, 2.24) is 9.62 Å². The summed E-state index contributed by atoms with van der Waals surface area (Å²) in [6.07, 6.45) is 1.06. The van der Waals surface area contributed by atoms with Gasteiger partial charge < -0.3 is 10.1 Å². The number of rotatable bonds is 7. The predicted octanol–water partition coefficient (Wildman–Crippen LogP) is 2.50. The molecule has 0 unspecified atom stereocenters. The summed E-state index contributed by atoms with van der Waals surface area (Å²) in [5, 5.41) is 5.28. The average molecular weight is 429 g/mol. The molecule has 0 radical (unpaired) electrons. The van der Waals surface area contributed by atoms with Gasteiger partial charge in [0.1, 0.15) is 6.61 Å². The molecule has 0 bridgehead atoms. The third-order valence-electron chi connectivity index (χ3n) is 4.63. The van der Waals surface area contributed by atoms with E-state index in [2.05, 4.69) is 17.2 Å². The van der Waals surface area contributed by atoms with Crippen LogP contribution >= 0.6 is 0 Å². The van der Waals surface area contributed by atoms with Crippen LogP contribution in [-0.4, -0.2) is 43.9 Å². The summed E-state index contributed by atoms with van der Waals surface area (Å²) in [7, 11) is -3.69. The van der Waals surface area contributed by atoms with E-state index in [9.17, 15) is 18.0 Å². The molecule has 2 aromatic carbocycles. The smallest absolute Gasteiger partial charge is 0.411 e. The first-order chi connectivity index (χ1) is 14.4. The molecule has 0 saturated carbocycles. The standard InChI is InChI=1S/C21H23N3O5S/c1-2-20(25)22-18-12-13-24(14-18)30(27,28)19-10-8-17(9-11-19)23-21(26)29-15-16-6-4-3-5-7-16/h2-11,18H,1,12-15H2,(H,22,25)(H,23,26)/t18-/m0/s1. The van der Waals surface area contributed by atoms with Crippen LogP contribution in [0.3, 0.4) is 0 Å². The Balaban J connectivity index is 1.56. The molecule has 1 fully saturated rings. The lowest BCUT2D eigenvalue weighted by atomic mass is 10.2. The van der Waals surface area contributed by atoms with E-state index in [0.29, 0.717) is 18.7 Å². The van der Waals surface area contributed by atoms with Gasteiger partial charge in [-0.3, -0.25) is 10.1 Å². The molecule has 158 valence electrons. The minimum absolute atomic E-state index is 0.112. The zero-order chi connectivity index (χ0) is 21.6. The Bertz CT molecular complexity index is 1010. The minimum Gasteiger partial charge on any atom is -0.444 e. The molecule has 1 atom stereocenters. The fourth-order valence-corrected chi connectivity index (χ4v) is 4.56. The van der Waals surface area contributed by atoms with Crippen LogP contribution in [0.15, 0.2) is 72.1 Å². The molecular weight excluding hydrogens is 406 g/mol. The Labute approximate surface area is 175 Å². The summed E-state index contributed by atoms with van der Waals surface area (Å²) in [6, 6.07) is 14.9. The van der Waals surface area contributed by atoms with E-state index in [-0.39, 0.29) is 30.0 Å². The lowest BCUT2D eigenvalue weighted by Gasteiger charge is -2.17. The molecule has 0 aromatic heterocycles. The van der Waals surface area contributed by atoms with Crippen molar-refractivity contribution in [1.29, 1.82) is 0 Å². The van der Waals surface area contributed by atoms with Gasteiger partial charge in [0.15, 0.2) is 0 Å². The van der Waals surface area contributed by atoms with Crippen LogP contribution in [0.4, 0.5) is 10.5 Å². The lowest BCUT2D eigenvalue weighted by Crippen LogP contribution is -2.37. The van der Waals surface area contributed by atoms with Crippen molar-refractivity contribution in [2.24, 2.45) is 0 Å². The first kappa shape index (κ1) is 21.5. The highest BCUT2D eigenvalue weighted by Crippen LogP contribution is 2.22. The molecule has 1 aliphatic heterocycles. The second kappa shape index (κ2) is 9.55. The van der Waals surface area contributed by atoms with Gasteiger partial charge in [0.25, 0.3) is 0 Å². The van der Waals surface area contributed by atoms with Crippen LogP contribution in [0.2, 0.25) is 0 Å². The van der Waals surface area contributed by atoms with Crippen LogP contribution in [0.25, 0.3) is 0 Å². The van der Waals surface area contributed by atoms with Crippen molar-refractivity contribution in [3.8, 4) is 0 Å². The summed E-state index contributed by atoms with van der Waals surface area (Å²) >= 11 is 0. The van der Waals surface area contributed by atoms with Gasteiger partial charge in [-0.05, 0) is 42.3 Å². The van der Waals surface area contributed by atoms with Crippen LogP contribution < -0.4 is 10.6 Å². The maximum Gasteiger partial charge on any atom is 0.411 e. The van der Waals surface area contributed by atoms with Crippen LogP contribution in [0.1, 0.15) is 12.0 Å². The summed E-state index contributed by atoms with van der Waals surface area (Å²) in [4.78, 5) is 23.4. The molecular formula is C21H23N3O5S. The van der Waals surface area contributed by atoms with Crippen LogP contribution in [0.5, 0.6) is 0 Å². The maximum absolute atomic E-state index is 12.8. The Hall–Kier alpha value is -3.17. The summed E-state index contributed by atoms with van der Waals surface area (Å²) in [6.45, 7) is 4.05. The number of nitrogens with one attached hydrogen (secondary N) is 2. The third kappa shape index (κ3) is 5.46. The first-order valence-electron chi connectivity index (χ1n) is 9.39. The normalized spacial score (nSPS) is 16.6. The molecule has 0 spiro atoms. The number of carbonyl (C=O) groups is 2. The second-order valence-corrected chi connectivity index (χ2v) is 8.71. The van der Waals surface area contributed by atoms with Crippen LogP contribution in [0, 0.1) is 0 Å². The Kier molecular flexibility index (Phi) is 6.86. The number of amides is 2. The summed E-state index contributed by atoms with van der Waals surface area (Å²) < 4.78 is 32.1. The molecule has 2 aromatic rings. The molecule has 3 rings (SSSR count). The van der Waals surface area contributed by atoms with E-state index in [1.54, 1.807) is 0 Å². The topological polar surface area (TPSA) is 105 Å². The number of nitrogens with zero attached hydrogens (tertiary/aromatic N) is 1. The number of carbonyl (C=O) groups excluding carboxylic acids is 2. The van der Waals surface area contributed by atoms with Crippen molar-refractivity contribution in [2.45, 2.75) is 24.0 Å². The number of hydrogen-bond acceptors (Lipinski definition) is 5. The number of benzene rings is 2. The molecule has 0 aliphatic carbocycles. The number of ether oxygens (including phenoxy) is 1. The van der Waals surface area contributed by atoms with Gasteiger partial charge in [-0.1, -0.05) is 36.9 Å². The quantitative estimate of drug-likeness (QED) is 0.658. The van der Waals surface area contributed by atoms with Gasteiger partial charge in [0, 0.05) is 24.8 Å². The van der Waals surface area contributed by atoms with Crippen molar-refractivity contribution < 1.29 is 22.7 Å². The van der Waals surface area contributed by atoms with Gasteiger partial charge in [-0.2, -0.15) is 4.31 Å². The molecule has 1 saturated heterocycles. The van der Waals surface area contributed by atoms with Crippen molar-refractivity contribution in [3.63, 3.8) is 0 Å². The average Bonchev–Trinajstić information content (AvgIpc) is 3.22. The molecule has 1 aliphatic rings. The van der Waals surface area contributed by atoms with Gasteiger partial charge >= 0.3 is 6.09 Å². The van der Waals surface area contributed by atoms with Gasteiger partial charge in [0.05, 0.1) is 4.90 Å². The molecule has 2 N–H and O–H groups in total. The monoisotopic (exact) mass is 429 g/mol. The number of anilines is 1. The molecule has 8 nitrogen and oxygen atoms in total. The van der Waals surface area contributed by atoms with E-state index < -0.39 is 16.1 Å². The fourth-order valence-electron chi connectivity index (χ4n) is 3.06. The Morgan fingerprint density at radius 2 is 1.83 bits per heavy atom. The number of hydrogen-bond donors (Lipinski definition) is 2. The summed E-state index contributed by atoms with van der Waals surface area (Å²) in [5.74, 6) is -0.325. The maximum atomic E-state index is 12.8. The van der Waals surface area contributed by atoms with E-state index in [0.717, 1.165) is 11.6 Å². The minimum atomic E-state index is -3.69. The van der Waals surface area contributed by atoms with Crippen molar-refractivity contribution >= 4 is 27.7 Å². The lowest BCUT2D eigenvalue weighted by molar-refractivity contribution is -0.117. The van der Waals surface area contributed by atoms with Gasteiger partial charge in [-0.25, -0.2) is 13.2 Å². The van der Waals surface area contributed by atoms with Gasteiger partial charge in [0.2, 0.25) is 15.9 Å².